The first-order valence-electron chi connectivity index (χ1n) is 8.86. The van der Waals surface area contributed by atoms with Crippen LogP contribution >= 0.6 is 0 Å². The van der Waals surface area contributed by atoms with Gasteiger partial charge in [0.2, 0.25) is 5.91 Å². The van der Waals surface area contributed by atoms with Crippen molar-refractivity contribution in [2.24, 2.45) is 11.3 Å². The smallest absolute Gasteiger partial charge is 0.328 e. The van der Waals surface area contributed by atoms with Crippen molar-refractivity contribution in [2.75, 3.05) is 13.7 Å². The molecule has 1 unspecified atom stereocenters. The maximum atomic E-state index is 13.0. The van der Waals surface area contributed by atoms with E-state index in [4.69, 9.17) is 4.74 Å². The lowest BCUT2D eigenvalue weighted by molar-refractivity contribution is -0.154. The first-order chi connectivity index (χ1) is 11.4. The van der Waals surface area contributed by atoms with Crippen LogP contribution in [0.4, 0.5) is 0 Å². The summed E-state index contributed by atoms with van der Waals surface area (Å²) >= 11 is 0. The van der Waals surface area contributed by atoms with Gasteiger partial charge in [-0.05, 0) is 30.7 Å². The summed E-state index contributed by atoms with van der Waals surface area (Å²) in [6, 6.07) is 9.55. The molecule has 1 aliphatic rings. The number of hydrogen-bond acceptors (Lipinski definition) is 3. The van der Waals surface area contributed by atoms with Crippen LogP contribution in [-0.4, -0.2) is 36.5 Å². The molecule has 0 saturated carbocycles. The third-order valence-corrected chi connectivity index (χ3v) is 5.72. The van der Waals surface area contributed by atoms with E-state index in [2.05, 4.69) is 13.8 Å². The summed E-state index contributed by atoms with van der Waals surface area (Å²) in [4.78, 5) is 27.1. The predicted octanol–water partition coefficient (Wildman–Crippen LogP) is 3.45. The molecule has 132 valence electrons. The molecule has 3 atom stereocenters. The lowest BCUT2D eigenvalue weighted by atomic mass is 9.75. The number of hydrogen-bond donors (Lipinski definition) is 0. The summed E-state index contributed by atoms with van der Waals surface area (Å²) in [5.74, 6) is 0.0930. The van der Waals surface area contributed by atoms with Gasteiger partial charge in [-0.25, -0.2) is 4.79 Å². The molecule has 1 aromatic rings. The van der Waals surface area contributed by atoms with Crippen molar-refractivity contribution in [1.29, 1.82) is 0 Å². The minimum Gasteiger partial charge on any atom is -0.467 e. The molecular weight excluding hydrogens is 302 g/mol. The van der Waals surface area contributed by atoms with Crippen molar-refractivity contribution >= 4 is 11.9 Å². The third kappa shape index (κ3) is 3.63. The second-order valence-corrected chi connectivity index (χ2v) is 7.04. The van der Waals surface area contributed by atoms with Crippen molar-refractivity contribution in [3.63, 3.8) is 0 Å². The van der Waals surface area contributed by atoms with Gasteiger partial charge in [-0.1, -0.05) is 57.5 Å². The molecule has 1 heterocycles. The molecule has 0 spiro atoms. The Labute approximate surface area is 145 Å². The summed E-state index contributed by atoms with van der Waals surface area (Å²) in [5.41, 5.74) is 0.802. The highest BCUT2D eigenvalue weighted by Crippen LogP contribution is 2.41. The zero-order valence-electron chi connectivity index (χ0n) is 15.2. The highest BCUT2D eigenvalue weighted by atomic mass is 16.5. The van der Waals surface area contributed by atoms with Gasteiger partial charge in [-0.3, -0.25) is 4.79 Å². The molecule has 4 nitrogen and oxygen atoms in total. The molecule has 0 radical (unpaired) electrons. The normalized spacial score (nSPS) is 23.2. The number of rotatable bonds is 7. The summed E-state index contributed by atoms with van der Waals surface area (Å²) in [6.45, 7) is 6.90. The SMILES string of the molecule is CCC(C)[C@@]1(C)CCN([C@@H](CCc2ccccc2)C(=O)OC)C1=O. The number of aryl methyl sites for hydroxylation is 1. The average molecular weight is 331 g/mol. The van der Waals surface area contributed by atoms with Crippen molar-refractivity contribution in [3.8, 4) is 0 Å². The number of ether oxygens (including phenoxy) is 1. The second-order valence-electron chi connectivity index (χ2n) is 7.04. The minimum atomic E-state index is -0.492. The zero-order chi connectivity index (χ0) is 17.7. The van der Waals surface area contributed by atoms with Crippen LogP contribution in [0.3, 0.4) is 0 Å². The topological polar surface area (TPSA) is 46.6 Å². The van der Waals surface area contributed by atoms with Crippen LogP contribution in [0, 0.1) is 11.3 Å². The summed E-state index contributed by atoms with van der Waals surface area (Å²) < 4.78 is 4.98. The number of benzene rings is 1. The fourth-order valence-corrected chi connectivity index (χ4v) is 3.58. The fraction of sp³-hybridized carbons (Fsp3) is 0.600. The van der Waals surface area contributed by atoms with Gasteiger partial charge in [0, 0.05) is 6.54 Å². The van der Waals surface area contributed by atoms with Gasteiger partial charge in [-0.2, -0.15) is 0 Å². The van der Waals surface area contributed by atoms with E-state index in [0.717, 1.165) is 19.3 Å². The van der Waals surface area contributed by atoms with Gasteiger partial charge in [0.15, 0.2) is 0 Å². The lowest BCUT2D eigenvalue weighted by Crippen LogP contribution is -2.46. The Balaban J connectivity index is 2.14. The van der Waals surface area contributed by atoms with E-state index in [1.165, 1.54) is 12.7 Å². The van der Waals surface area contributed by atoms with Crippen LogP contribution in [0.15, 0.2) is 30.3 Å². The Bertz CT molecular complexity index is 572. The Hall–Kier alpha value is -1.84. The molecule has 2 rings (SSSR count). The van der Waals surface area contributed by atoms with E-state index in [1.54, 1.807) is 4.90 Å². The number of likely N-dealkylation sites (tertiary alicyclic amines) is 1. The number of carbonyl (C=O) groups is 2. The molecule has 4 heteroatoms. The van der Waals surface area contributed by atoms with Crippen LogP contribution in [-0.2, 0) is 20.7 Å². The van der Waals surface area contributed by atoms with Crippen LogP contribution in [0.1, 0.15) is 45.6 Å². The molecule has 0 aromatic heterocycles. The first kappa shape index (κ1) is 18.5. The number of amides is 1. The quantitative estimate of drug-likeness (QED) is 0.719. The van der Waals surface area contributed by atoms with E-state index >= 15 is 0 Å². The maximum Gasteiger partial charge on any atom is 0.328 e. The minimum absolute atomic E-state index is 0.0975. The Morgan fingerprint density at radius 1 is 1.33 bits per heavy atom. The molecule has 1 fully saturated rings. The van der Waals surface area contributed by atoms with Crippen molar-refractivity contribution in [1.82, 2.24) is 4.90 Å². The molecule has 0 bridgehead atoms. The molecule has 0 aliphatic carbocycles. The number of nitrogens with zero attached hydrogens (tertiary/aromatic N) is 1. The molecule has 1 amide bonds. The highest BCUT2D eigenvalue weighted by molar-refractivity contribution is 5.89. The molecule has 0 N–H and O–H groups in total. The zero-order valence-corrected chi connectivity index (χ0v) is 15.2. The van der Waals surface area contributed by atoms with Gasteiger partial charge < -0.3 is 9.64 Å². The largest absolute Gasteiger partial charge is 0.467 e. The Morgan fingerprint density at radius 2 is 2.00 bits per heavy atom. The highest BCUT2D eigenvalue weighted by Gasteiger charge is 2.49. The molecule has 1 saturated heterocycles. The van der Waals surface area contributed by atoms with Gasteiger partial charge in [-0.15, -0.1) is 0 Å². The van der Waals surface area contributed by atoms with E-state index in [-0.39, 0.29) is 17.3 Å². The van der Waals surface area contributed by atoms with Crippen molar-refractivity contribution < 1.29 is 14.3 Å². The van der Waals surface area contributed by atoms with E-state index < -0.39 is 6.04 Å². The molecule has 24 heavy (non-hydrogen) atoms. The van der Waals surface area contributed by atoms with Gasteiger partial charge in [0.25, 0.3) is 0 Å². The fourth-order valence-electron chi connectivity index (χ4n) is 3.58. The maximum absolute atomic E-state index is 13.0. The third-order valence-electron chi connectivity index (χ3n) is 5.72. The van der Waals surface area contributed by atoms with E-state index in [9.17, 15) is 9.59 Å². The predicted molar refractivity (Wildman–Crippen MR) is 94.5 cm³/mol. The Kier molecular flexibility index (Phi) is 6.03. The van der Waals surface area contributed by atoms with Crippen molar-refractivity contribution in [2.45, 2.75) is 52.5 Å². The summed E-state index contributed by atoms with van der Waals surface area (Å²) in [7, 11) is 1.40. The average Bonchev–Trinajstić information content (AvgIpc) is 2.91. The van der Waals surface area contributed by atoms with Crippen LogP contribution < -0.4 is 0 Å². The second kappa shape index (κ2) is 7.82. The number of esters is 1. The first-order valence-corrected chi connectivity index (χ1v) is 8.86. The number of methoxy groups -OCH3 is 1. The Morgan fingerprint density at radius 3 is 2.58 bits per heavy atom. The lowest BCUT2D eigenvalue weighted by Gasteiger charge is -2.31. The van der Waals surface area contributed by atoms with Crippen LogP contribution in [0.2, 0.25) is 0 Å². The molecule has 1 aromatic carbocycles. The monoisotopic (exact) mass is 331 g/mol. The summed E-state index contributed by atoms with van der Waals surface area (Å²) in [5, 5.41) is 0. The molecular formula is C20H29NO3. The van der Waals surface area contributed by atoms with Crippen molar-refractivity contribution in [3.05, 3.63) is 35.9 Å². The van der Waals surface area contributed by atoms with Crippen LogP contribution in [0.25, 0.3) is 0 Å². The van der Waals surface area contributed by atoms with Crippen LogP contribution in [0.5, 0.6) is 0 Å². The van der Waals surface area contributed by atoms with E-state index in [0.29, 0.717) is 18.9 Å². The van der Waals surface area contributed by atoms with E-state index in [1.807, 2.05) is 37.3 Å². The number of carbonyl (C=O) groups excluding carboxylic acids is 2. The van der Waals surface area contributed by atoms with Gasteiger partial charge >= 0.3 is 5.97 Å². The standard InChI is InChI=1S/C20H29NO3/c1-5-15(2)20(3)13-14-21(19(20)23)17(18(22)24-4)12-11-16-9-7-6-8-10-16/h6-10,15,17H,5,11-14H2,1-4H3/t15?,17-,20+/m0/s1. The van der Waals surface area contributed by atoms with Gasteiger partial charge in [0.05, 0.1) is 12.5 Å². The van der Waals surface area contributed by atoms with Gasteiger partial charge in [0.1, 0.15) is 6.04 Å². The summed E-state index contributed by atoms with van der Waals surface area (Å²) in [6.07, 6.45) is 3.12. The molecule has 1 aliphatic heterocycles.